The molecule has 0 aromatic heterocycles. The molecule has 0 bridgehead atoms. The molecule has 0 aliphatic carbocycles. The summed E-state index contributed by atoms with van der Waals surface area (Å²) < 4.78 is 0. The van der Waals surface area contributed by atoms with Gasteiger partial charge in [0.15, 0.2) is 0 Å². The summed E-state index contributed by atoms with van der Waals surface area (Å²) in [5.41, 5.74) is 5.77. The molecule has 1 aliphatic heterocycles. The minimum Gasteiger partial charge on any atom is -0.308 e. The molecule has 3 nitrogen and oxygen atoms in total. The number of benzene rings is 2. The Balaban J connectivity index is 1.78. The highest BCUT2D eigenvalue weighted by atomic mass is 32.2. The van der Waals surface area contributed by atoms with E-state index in [9.17, 15) is 4.79 Å². The van der Waals surface area contributed by atoms with E-state index >= 15 is 0 Å². The van der Waals surface area contributed by atoms with E-state index in [1.54, 1.807) is 0 Å². The third-order valence-corrected chi connectivity index (χ3v) is 5.39. The molecular weight excluding hydrogens is 304 g/mol. The van der Waals surface area contributed by atoms with Crippen molar-refractivity contribution in [3.05, 3.63) is 64.7 Å². The molecule has 4 heteroatoms. The Hall–Kier alpha value is -1.94. The second-order valence-electron chi connectivity index (χ2n) is 6.07. The van der Waals surface area contributed by atoms with Gasteiger partial charge in [-0.2, -0.15) is 0 Å². The molecule has 1 aliphatic rings. The predicted molar refractivity (Wildman–Crippen MR) is 98.0 cm³/mol. The predicted octanol–water partition coefficient (Wildman–Crippen LogP) is 4.89. The first-order valence-corrected chi connectivity index (χ1v) is 8.92. The molecule has 2 aromatic carbocycles. The lowest BCUT2D eigenvalue weighted by Gasteiger charge is -2.25. The van der Waals surface area contributed by atoms with Crippen LogP contribution in [0, 0.1) is 20.8 Å². The van der Waals surface area contributed by atoms with Crippen molar-refractivity contribution >= 4 is 23.5 Å². The number of carbonyl (C=O) groups is 1. The topological polar surface area (TPSA) is 32.3 Å². The first kappa shape index (κ1) is 15.9. The third-order valence-electron chi connectivity index (χ3n) is 4.15. The summed E-state index contributed by atoms with van der Waals surface area (Å²) >= 11 is 1.83. The number of anilines is 1. The van der Waals surface area contributed by atoms with Gasteiger partial charge in [-0.1, -0.05) is 41.5 Å². The van der Waals surface area contributed by atoms with Gasteiger partial charge < -0.3 is 10.2 Å². The molecule has 1 fully saturated rings. The van der Waals surface area contributed by atoms with Crippen LogP contribution in [0.25, 0.3) is 0 Å². The van der Waals surface area contributed by atoms with E-state index in [1.165, 1.54) is 22.3 Å². The molecular formula is C19H22N2OS. The fraction of sp³-hybridized carbons (Fsp3) is 0.316. The summed E-state index contributed by atoms with van der Waals surface area (Å²) in [5.74, 6) is 0.972. The van der Waals surface area contributed by atoms with E-state index in [4.69, 9.17) is 0 Å². The van der Waals surface area contributed by atoms with Gasteiger partial charge in [0.25, 0.3) is 0 Å². The summed E-state index contributed by atoms with van der Waals surface area (Å²) in [5, 5.41) is 3.11. The number of urea groups is 1. The molecule has 0 saturated carbocycles. The van der Waals surface area contributed by atoms with Gasteiger partial charge >= 0.3 is 6.03 Å². The van der Waals surface area contributed by atoms with Crippen LogP contribution < -0.4 is 5.32 Å². The van der Waals surface area contributed by atoms with Crippen LogP contribution in [0.5, 0.6) is 0 Å². The average molecular weight is 326 g/mol. The second-order valence-corrected chi connectivity index (χ2v) is 7.26. The highest BCUT2D eigenvalue weighted by Crippen LogP contribution is 2.39. The van der Waals surface area contributed by atoms with Crippen molar-refractivity contribution in [3.63, 3.8) is 0 Å². The lowest BCUT2D eigenvalue weighted by molar-refractivity contribution is 0.214. The Morgan fingerprint density at radius 3 is 2.48 bits per heavy atom. The molecule has 1 atom stereocenters. The van der Waals surface area contributed by atoms with Crippen LogP contribution in [-0.2, 0) is 0 Å². The van der Waals surface area contributed by atoms with Gasteiger partial charge in [-0.3, -0.25) is 0 Å². The van der Waals surface area contributed by atoms with Gasteiger partial charge in [0.2, 0.25) is 0 Å². The minimum atomic E-state index is -0.0242. The maximum Gasteiger partial charge on any atom is 0.323 e. The fourth-order valence-corrected chi connectivity index (χ4v) is 4.22. The van der Waals surface area contributed by atoms with Gasteiger partial charge in [-0.05, 0) is 44.0 Å². The van der Waals surface area contributed by atoms with E-state index in [0.29, 0.717) is 0 Å². The SMILES string of the molecule is Cc1ccc(NC(=O)N2CCSC2c2ccc(C)cc2C)cc1. The number of hydrogen-bond donors (Lipinski definition) is 1. The summed E-state index contributed by atoms with van der Waals surface area (Å²) in [6.07, 6.45) is 0. The Labute approximate surface area is 142 Å². The number of amides is 2. The highest BCUT2D eigenvalue weighted by molar-refractivity contribution is 7.99. The van der Waals surface area contributed by atoms with Crippen LogP contribution >= 0.6 is 11.8 Å². The summed E-state index contributed by atoms with van der Waals surface area (Å²) in [7, 11) is 0. The zero-order chi connectivity index (χ0) is 16.4. The van der Waals surface area contributed by atoms with Crippen molar-refractivity contribution < 1.29 is 4.79 Å². The van der Waals surface area contributed by atoms with E-state index in [2.05, 4.69) is 37.4 Å². The fourth-order valence-electron chi connectivity index (χ4n) is 2.87. The van der Waals surface area contributed by atoms with Crippen LogP contribution in [0.3, 0.4) is 0 Å². The van der Waals surface area contributed by atoms with Crippen molar-refractivity contribution in [1.82, 2.24) is 4.90 Å². The summed E-state index contributed by atoms with van der Waals surface area (Å²) in [6, 6.07) is 14.3. The number of aryl methyl sites for hydroxylation is 3. The zero-order valence-electron chi connectivity index (χ0n) is 13.8. The molecule has 1 N–H and O–H groups in total. The average Bonchev–Trinajstić information content (AvgIpc) is 2.99. The lowest BCUT2D eigenvalue weighted by Crippen LogP contribution is -2.34. The number of nitrogens with one attached hydrogen (secondary N) is 1. The first-order chi connectivity index (χ1) is 11.0. The molecule has 2 aromatic rings. The molecule has 1 saturated heterocycles. The molecule has 1 unspecified atom stereocenters. The smallest absolute Gasteiger partial charge is 0.308 e. The number of rotatable bonds is 2. The van der Waals surface area contributed by atoms with Gasteiger partial charge in [-0.25, -0.2) is 4.79 Å². The maximum absolute atomic E-state index is 12.7. The third kappa shape index (κ3) is 3.53. The lowest BCUT2D eigenvalue weighted by atomic mass is 10.1. The van der Waals surface area contributed by atoms with Gasteiger partial charge in [0.05, 0.1) is 0 Å². The van der Waals surface area contributed by atoms with E-state index in [1.807, 2.05) is 47.9 Å². The van der Waals surface area contributed by atoms with E-state index in [0.717, 1.165) is 18.0 Å². The normalized spacial score (nSPS) is 17.3. The Bertz CT molecular complexity index is 712. The molecule has 1 heterocycles. The Kier molecular flexibility index (Phi) is 4.62. The van der Waals surface area contributed by atoms with Gasteiger partial charge in [0, 0.05) is 18.0 Å². The summed E-state index contributed by atoms with van der Waals surface area (Å²) in [6.45, 7) is 7.04. The molecule has 2 amide bonds. The Morgan fingerprint density at radius 2 is 1.78 bits per heavy atom. The standard InChI is InChI=1S/C19H22N2OS/c1-13-4-7-16(8-5-13)20-19(22)21-10-11-23-18(21)17-9-6-14(2)12-15(17)3/h4-9,12,18H,10-11H2,1-3H3,(H,20,22). The van der Waals surface area contributed by atoms with Crippen LogP contribution in [-0.4, -0.2) is 23.2 Å². The molecule has 3 rings (SSSR count). The molecule has 0 radical (unpaired) electrons. The van der Waals surface area contributed by atoms with Crippen LogP contribution in [0.15, 0.2) is 42.5 Å². The van der Waals surface area contributed by atoms with Crippen molar-refractivity contribution in [2.24, 2.45) is 0 Å². The molecule has 120 valence electrons. The monoisotopic (exact) mass is 326 g/mol. The quantitative estimate of drug-likeness (QED) is 0.852. The van der Waals surface area contributed by atoms with Gasteiger partial charge in [0.1, 0.15) is 5.37 Å². The number of hydrogen-bond acceptors (Lipinski definition) is 2. The Morgan fingerprint density at radius 1 is 1.09 bits per heavy atom. The van der Waals surface area contributed by atoms with Crippen LogP contribution in [0.2, 0.25) is 0 Å². The molecule has 23 heavy (non-hydrogen) atoms. The van der Waals surface area contributed by atoms with Crippen molar-refractivity contribution in [1.29, 1.82) is 0 Å². The van der Waals surface area contributed by atoms with Crippen molar-refractivity contribution in [3.8, 4) is 0 Å². The van der Waals surface area contributed by atoms with Crippen molar-refractivity contribution in [2.45, 2.75) is 26.1 Å². The zero-order valence-corrected chi connectivity index (χ0v) is 14.6. The van der Waals surface area contributed by atoms with Crippen molar-refractivity contribution in [2.75, 3.05) is 17.6 Å². The summed E-state index contributed by atoms with van der Waals surface area (Å²) in [4.78, 5) is 14.6. The second kappa shape index (κ2) is 6.67. The molecule has 0 spiro atoms. The van der Waals surface area contributed by atoms with E-state index in [-0.39, 0.29) is 11.4 Å². The van der Waals surface area contributed by atoms with E-state index < -0.39 is 0 Å². The number of carbonyl (C=O) groups excluding carboxylic acids is 1. The number of thioether (sulfide) groups is 1. The highest BCUT2D eigenvalue weighted by Gasteiger charge is 2.31. The van der Waals surface area contributed by atoms with Crippen LogP contribution in [0.1, 0.15) is 27.6 Å². The van der Waals surface area contributed by atoms with Gasteiger partial charge in [-0.15, -0.1) is 11.8 Å². The first-order valence-electron chi connectivity index (χ1n) is 7.87. The minimum absolute atomic E-state index is 0.0242. The number of nitrogens with zero attached hydrogens (tertiary/aromatic N) is 1. The van der Waals surface area contributed by atoms with Crippen LogP contribution in [0.4, 0.5) is 10.5 Å². The largest absolute Gasteiger partial charge is 0.323 e. The maximum atomic E-state index is 12.7.